The lowest BCUT2D eigenvalue weighted by Gasteiger charge is -2.29. The van der Waals surface area contributed by atoms with Crippen molar-refractivity contribution >= 4 is 87.2 Å². The first-order valence-corrected chi connectivity index (χ1v) is 27.1. The number of hydrogen-bond acceptors (Lipinski definition) is 3. The molecule has 3 heteroatoms. The molecule has 0 saturated carbocycles. The topological polar surface area (TPSA) is 6.48 Å². The molecule has 0 aliphatic carbocycles. The molecule has 13 aromatic carbocycles. The Kier molecular flexibility index (Phi) is 11.8. The van der Waals surface area contributed by atoms with E-state index < -0.39 is 0 Å². The molecule has 14 rings (SSSR count). The van der Waals surface area contributed by atoms with Crippen molar-refractivity contribution in [2.75, 3.05) is 9.80 Å². The maximum atomic E-state index is 2.43. The van der Waals surface area contributed by atoms with Gasteiger partial charge in [0, 0.05) is 54.2 Å². The second-order valence-electron chi connectivity index (χ2n) is 19.7. The van der Waals surface area contributed by atoms with Gasteiger partial charge < -0.3 is 9.80 Å². The van der Waals surface area contributed by atoms with E-state index in [0.29, 0.717) is 0 Å². The number of thiophene rings is 1. The quantitative estimate of drug-likeness (QED) is 0.127. The highest BCUT2D eigenvalue weighted by atomic mass is 32.1. The van der Waals surface area contributed by atoms with Crippen LogP contribution in [0.1, 0.15) is 0 Å². The van der Waals surface area contributed by atoms with E-state index in [2.05, 4.69) is 313 Å². The second kappa shape index (κ2) is 19.8. The van der Waals surface area contributed by atoms with Crippen LogP contribution in [0, 0.1) is 0 Å². The van der Waals surface area contributed by atoms with Crippen molar-refractivity contribution in [2.24, 2.45) is 0 Å². The Hall–Kier alpha value is -9.80. The van der Waals surface area contributed by atoms with Gasteiger partial charge in [-0.3, -0.25) is 0 Å². The van der Waals surface area contributed by atoms with Gasteiger partial charge in [-0.25, -0.2) is 0 Å². The number of hydrogen-bond donors (Lipinski definition) is 0. The van der Waals surface area contributed by atoms with Crippen molar-refractivity contribution in [2.45, 2.75) is 0 Å². The van der Waals surface area contributed by atoms with Crippen molar-refractivity contribution in [3.63, 3.8) is 0 Å². The maximum absolute atomic E-state index is 2.43. The van der Waals surface area contributed by atoms with Crippen molar-refractivity contribution in [1.82, 2.24) is 0 Å². The maximum Gasteiger partial charge on any atom is 0.0540 e. The smallest absolute Gasteiger partial charge is 0.0540 e. The van der Waals surface area contributed by atoms with E-state index in [0.717, 1.165) is 56.4 Å². The number of rotatable bonds is 11. The highest BCUT2D eigenvalue weighted by Gasteiger charge is 2.21. The first-order valence-electron chi connectivity index (χ1n) is 26.3. The minimum Gasteiger partial charge on any atom is -0.310 e. The summed E-state index contributed by atoms with van der Waals surface area (Å²) in [6.45, 7) is 0. The third-order valence-corrected chi connectivity index (χ3v) is 16.1. The van der Waals surface area contributed by atoms with Crippen LogP contribution < -0.4 is 9.80 Å². The Labute approximate surface area is 453 Å². The Balaban J connectivity index is 0.905. The standard InChI is InChI=1S/C74H50N2S/c1-4-18-51(19-5-1)56-25-14-28-63(47-56)75(66-44-40-59-46-58(36-37-60(59)49-66)53-22-8-3-9-23-53)64-29-16-27-61(50-64)67-31-12-13-34-70(67)76(65-30-15-26-57(48-65)52-20-6-2-7-21-52)62-42-38-55(39-43-62)69-33-17-35-71-73(69)74-68-32-11-10-24-54(68)41-45-72(74)77-71/h1-50H. The molecule has 0 saturated heterocycles. The average molecular weight is 999 g/mol. The van der Waals surface area contributed by atoms with Crippen molar-refractivity contribution in [3.05, 3.63) is 303 Å². The van der Waals surface area contributed by atoms with Gasteiger partial charge in [-0.15, -0.1) is 11.3 Å². The first kappa shape index (κ1) is 45.8. The fraction of sp³-hybridized carbons (Fsp3) is 0. The van der Waals surface area contributed by atoms with Crippen LogP contribution in [0.5, 0.6) is 0 Å². The number of benzene rings is 13. The molecule has 0 unspecified atom stereocenters. The Morgan fingerprint density at radius 2 is 0.675 bits per heavy atom. The fourth-order valence-electron chi connectivity index (χ4n) is 11.3. The van der Waals surface area contributed by atoms with E-state index in [1.165, 1.54) is 75.1 Å². The summed E-state index contributed by atoms with van der Waals surface area (Å²) in [7, 11) is 0. The Morgan fingerprint density at radius 3 is 1.36 bits per heavy atom. The molecule has 0 N–H and O–H groups in total. The molecular formula is C74H50N2S. The minimum atomic E-state index is 1.06. The molecule has 0 aliphatic rings. The number of anilines is 6. The Morgan fingerprint density at radius 1 is 0.221 bits per heavy atom. The molecule has 2 nitrogen and oxygen atoms in total. The summed E-state index contributed by atoms with van der Waals surface area (Å²) in [5, 5.41) is 7.59. The molecular weight excluding hydrogens is 949 g/mol. The van der Waals surface area contributed by atoms with E-state index >= 15 is 0 Å². The molecule has 1 aromatic heterocycles. The number of fused-ring (bicyclic) bond motifs is 6. The molecule has 77 heavy (non-hydrogen) atoms. The summed E-state index contributed by atoms with van der Waals surface area (Å²) < 4.78 is 2.61. The molecule has 14 aromatic rings. The summed E-state index contributed by atoms with van der Waals surface area (Å²) in [5.74, 6) is 0. The SMILES string of the molecule is c1ccc(-c2cccc(N(c3cccc(-c4ccccc4N(c4ccc(-c5cccc6sc7ccc8ccccc8c7c56)cc4)c4cccc(-c5ccccc5)c4)c3)c3ccc4cc(-c5ccccc5)ccc4c3)c2)cc1. The molecule has 0 aliphatic heterocycles. The van der Waals surface area contributed by atoms with Crippen LogP contribution in [0.2, 0.25) is 0 Å². The van der Waals surface area contributed by atoms with E-state index in [9.17, 15) is 0 Å². The monoisotopic (exact) mass is 998 g/mol. The predicted octanol–water partition coefficient (Wildman–Crippen LogP) is 21.6. The zero-order valence-corrected chi connectivity index (χ0v) is 43.0. The van der Waals surface area contributed by atoms with Gasteiger partial charge in [0.05, 0.1) is 5.69 Å². The highest BCUT2D eigenvalue weighted by Crippen LogP contribution is 2.47. The van der Waals surface area contributed by atoms with Crippen LogP contribution in [-0.2, 0) is 0 Å². The molecule has 362 valence electrons. The summed E-state index contributed by atoms with van der Waals surface area (Å²) in [5.41, 5.74) is 18.2. The normalized spacial score (nSPS) is 11.4. The van der Waals surface area contributed by atoms with Crippen LogP contribution in [0.15, 0.2) is 303 Å². The lowest BCUT2D eigenvalue weighted by Crippen LogP contribution is -2.12. The first-order chi connectivity index (χ1) is 38.2. The second-order valence-corrected chi connectivity index (χ2v) is 20.8. The molecule has 0 spiro atoms. The van der Waals surface area contributed by atoms with Gasteiger partial charge >= 0.3 is 0 Å². The molecule has 0 radical (unpaired) electrons. The van der Waals surface area contributed by atoms with Crippen LogP contribution in [0.4, 0.5) is 34.1 Å². The fourth-order valence-corrected chi connectivity index (χ4v) is 12.5. The van der Waals surface area contributed by atoms with Gasteiger partial charge in [-0.2, -0.15) is 0 Å². The minimum absolute atomic E-state index is 1.06. The zero-order chi connectivity index (χ0) is 51.1. The van der Waals surface area contributed by atoms with Crippen LogP contribution in [0.25, 0.3) is 97.4 Å². The molecule has 0 amide bonds. The molecule has 0 atom stereocenters. The highest BCUT2D eigenvalue weighted by molar-refractivity contribution is 7.26. The average Bonchev–Trinajstić information content (AvgIpc) is 3.96. The largest absolute Gasteiger partial charge is 0.310 e. The summed E-state index contributed by atoms with van der Waals surface area (Å²) in [4.78, 5) is 4.84. The summed E-state index contributed by atoms with van der Waals surface area (Å²) in [6.07, 6.45) is 0. The Bertz CT molecular complexity index is 4450. The van der Waals surface area contributed by atoms with Gasteiger partial charge in [0.2, 0.25) is 0 Å². The van der Waals surface area contributed by atoms with Gasteiger partial charge in [-0.05, 0) is 157 Å². The molecule has 0 bridgehead atoms. The van der Waals surface area contributed by atoms with Gasteiger partial charge in [-0.1, -0.05) is 218 Å². The summed E-state index contributed by atoms with van der Waals surface area (Å²) in [6, 6.07) is 111. The van der Waals surface area contributed by atoms with Crippen molar-refractivity contribution < 1.29 is 0 Å². The predicted molar refractivity (Wildman–Crippen MR) is 331 cm³/mol. The third kappa shape index (κ3) is 8.69. The number of para-hydroxylation sites is 1. The lowest BCUT2D eigenvalue weighted by molar-refractivity contribution is 1.27. The number of nitrogens with zero attached hydrogens (tertiary/aromatic N) is 2. The van der Waals surface area contributed by atoms with Crippen LogP contribution in [0.3, 0.4) is 0 Å². The van der Waals surface area contributed by atoms with Gasteiger partial charge in [0.25, 0.3) is 0 Å². The van der Waals surface area contributed by atoms with Gasteiger partial charge in [0.1, 0.15) is 0 Å². The van der Waals surface area contributed by atoms with E-state index in [1.807, 2.05) is 11.3 Å². The van der Waals surface area contributed by atoms with Crippen LogP contribution >= 0.6 is 11.3 Å². The van der Waals surface area contributed by atoms with E-state index in [1.54, 1.807) is 0 Å². The van der Waals surface area contributed by atoms with Crippen LogP contribution in [-0.4, -0.2) is 0 Å². The third-order valence-electron chi connectivity index (χ3n) is 15.0. The van der Waals surface area contributed by atoms with Gasteiger partial charge in [0.15, 0.2) is 0 Å². The summed E-state index contributed by atoms with van der Waals surface area (Å²) >= 11 is 1.88. The van der Waals surface area contributed by atoms with E-state index in [-0.39, 0.29) is 0 Å². The van der Waals surface area contributed by atoms with Crippen molar-refractivity contribution in [3.8, 4) is 55.6 Å². The molecule has 1 heterocycles. The van der Waals surface area contributed by atoms with Crippen molar-refractivity contribution in [1.29, 1.82) is 0 Å². The zero-order valence-electron chi connectivity index (χ0n) is 42.2. The van der Waals surface area contributed by atoms with E-state index in [4.69, 9.17) is 0 Å². The molecule has 0 fully saturated rings. The lowest BCUT2D eigenvalue weighted by atomic mass is 9.96.